The number of nitrogens with one attached hydrogen (secondary N) is 2. The molecule has 1 aromatic rings. The van der Waals surface area contributed by atoms with Crippen molar-refractivity contribution >= 4 is 11.6 Å². The van der Waals surface area contributed by atoms with Crippen LogP contribution >= 0.6 is 0 Å². The lowest BCUT2D eigenvalue weighted by Gasteiger charge is -2.12. The van der Waals surface area contributed by atoms with Crippen LogP contribution in [0.1, 0.15) is 18.9 Å². The molecule has 0 saturated carbocycles. The van der Waals surface area contributed by atoms with E-state index in [0.717, 1.165) is 11.3 Å². The van der Waals surface area contributed by atoms with E-state index in [2.05, 4.69) is 16.7 Å². The number of anilines is 1. The molecule has 1 rings (SSSR count). The van der Waals surface area contributed by atoms with E-state index < -0.39 is 6.04 Å². The summed E-state index contributed by atoms with van der Waals surface area (Å²) in [5, 5.41) is 14.7. The summed E-state index contributed by atoms with van der Waals surface area (Å²) in [6.45, 7) is 4.44. The van der Waals surface area contributed by atoms with Gasteiger partial charge in [-0.25, -0.2) is 0 Å². The Morgan fingerprint density at radius 3 is 2.59 bits per heavy atom. The summed E-state index contributed by atoms with van der Waals surface area (Å²) < 4.78 is 0. The summed E-state index contributed by atoms with van der Waals surface area (Å²) in [5.41, 5.74) is 2.01. The molecule has 90 valence electrons. The maximum absolute atomic E-state index is 11.4. The number of nitriles is 1. The van der Waals surface area contributed by atoms with Crippen LogP contribution in [0.2, 0.25) is 0 Å². The van der Waals surface area contributed by atoms with Crippen LogP contribution in [-0.2, 0) is 4.79 Å². The van der Waals surface area contributed by atoms with Crippen LogP contribution in [0.5, 0.6) is 0 Å². The van der Waals surface area contributed by atoms with Gasteiger partial charge in [-0.3, -0.25) is 4.79 Å². The molecule has 0 radical (unpaired) electrons. The third kappa shape index (κ3) is 4.56. The molecule has 2 N–H and O–H groups in total. The van der Waals surface area contributed by atoms with Gasteiger partial charge in [0.2, 0.25) is 5.91 Å². The Kier molecular flexibility index (Phi) is 5.02. The number of amides is 1. The summed E-state index contributed by atoms with van der Waals surface area (Å²) in [5.74, 6) is -0.112. The quantitative estimate of drug-likeness (QED) is 0.812. The van der Waals surface area contributed by atoms with Crippen molar-refractivity contribution in [3.05, 3.63) is 29.8 Å². The van der Waals surface area contributed by atoms with E-state index >= 15 is 0 Å². The van der Waals surface area contributed by atoms with E-state index in [9.17, 15) is 4.79 Å². The Morgan fingerprint density at radius 1 is 1.41 bits per heavy atom. The predicted molar refractivity (Wildman–Crippen MR) is 67.5 cm³/mol. The molecular weight excluding hydrogens is 214 g/mol. The molecule has 4 nitrogen and oxygen atoms in total. The molecule has 1 unspecified atom stereocenters. The molecule has 0 heterocycles. The fraction of sp³-hybridized carbons (Fsp3) is 0.385. The zero-order valence-electron chi connectivity index (χ0n) is 10.2. The summed E-state index contributed by atoms with van der Waals surface area (Å²) in [6.07, 6.45) is 0.165. The lowest BCUT2D eigenvalue weighted by atomic mass is 10.2. The van der Waals surface area contributed by atoms with E-state index in [4.69, 9.17) is 5.26 Å². The topological polar surface area (TPSA) is 64.9 Å². The van der Waals surface area contributed by atoms with Crippen LogP contribution in [-0.4, -0.2) is 18.5 Å². The van der Waals surface area contributed by atoms with Crippen LogP contribution in [0.3, 0.4) is 0 Å². The Bertz CT molecular complexity index is 406. The van der Waals surface area contributed by atoms with Crippen LogP contribution in [0.25, 0.3) is 0 Å². The molecule has 0 fully saturated rings. The number of carbonyl (C=O) groups excluding carboxylic acids is 1. The molecule has 17 heavy (non-hydrogen) atoms. The van der Waals surface area contributed by atoms with Crippen molar-refractivity contribution in [2.75, 3.05) is 11.9 Å². The number of carbonyl (C=O) groups is 1. The van der Waals surface area contributed by atoms with Gasteiger partial charge in [-0.05, 0) is 26.0 Å². The molecule has 1 amide bonds. The van der Waals surface area contributed by atoms with Gasteiger partial charge in [-0.2, -0.15) is 5.26 Å². The second-order valence-electron chi connectivity index (χ2n) is 3.85. The molecule has 0 saturated heterocycles. The first-order valence-corrected chi connectivity index (χ1v) is 5.65. The second-order valence-corrected chi connectivity index (χ2v) is 3.85. The maximum Gasteiger partial charge on any atom is 0.223 e. The van der Waals surface area contributed by atoms with E-state index in [0.29, 0.717) is 6.54 Å². The Hall–Kier alpha value is -2.02. The highest BCUT2D eigenvalue weighted by molar-refractivity contribution is 5.77. The van der Waals surface area contributed by atoms with Crippen LogP contribution < -0.4 is 10.6 Å². The molecular formula is C13H17N3O. The van der Waals surface area contributed by atoms with Gasteiger partial charge in [-0.1, -0.05) is 17.7 Å². The van der Waals surface area contributed by atoms with Gasteiger partial charge in [0.15, 0.2) is 0 Å². The average Bonchev–Trinajstić information content (AvgIpc) is 2.31. The average molecular weight is 231 g/mol. The van der Waals surface area contributed by atoms with Crippen molar-refractivity contribution in [3.63, 3.8) is 0 Å². The van der Waals surface area contributed by atoms with Gasteiger partial charge < -0.3 is 10.6 Å². The standard InChI is InChI=1S/C13H17N3O/c1-3-15-13(17)8-12(9-14)16-11-6-4-10(2)5-7-11/h4-7,12,16H,3,8H2,1-2H3,(H,15,17). The highest BCUT2D eigenvalue weighted by Crippen LogP contribution is 2.10. The normalized spacial score (nSPS) is 11.4. The Morgan fingerprint density at radius 2 is 2.06 bits per heavy atom. The Labute approximate surface area is 102 Å². The van der Waals surface area contributed by atoms with Crippen LogP contribution in [0.4, 0.5) is 5.69 Å². The van der Waals surface area contributed by atoms with Crippen molar-refractivity contribution in [1.82, 2.24) is 5.32 Å². The van der Waals surface area contributed by atoms with Crippen molar-refractivity contribution in [1.29, 1.82) is 5.26 Å². The molecule has 4 heteroatoms. The minimum absolute atomic E-state index is 0.112. The highest BCUT2D eigenvalue weighted by Gasteiger charge is 2.11. The van der Waals surface area contributed by atoms with Gasteiger partial charge in [0, 0.05) is 12.2 Å². The predicted octanol–water partition coefficient (Wildman–Crippen LogP) is 1.83. The van der Waals surface area contributed by atoms with Gasteiger partial charge in [0.1, 0.15) is 6.04 Å². The SMILES string of the molecule is CCNC(=O)CC(C#N)Nc1ccc(C)cc1. The second kappa shape index (κ2) is 6.54. The number of nitrogens with zero attached hydrogens (tertiary/aromatic N) is 1. The van der Waals surface area contributed by atoms with Crippen molar-refractivity contribution in [2.45, 2.75) is 26.3 Å². The maximum atomic E-state index is 11.4. The van der Waals surface area contributed by atoms with Crippen LogP contribution in [0.15, 0.2) is 24.3 Å². The number of rotatable bonds is 5. The molecule has 0 bridgehead atoms. The fourth-order valence-electron chi connectivity index (χ4n) is 1.43. The molecule has 0 aliphatic carbocycles. The summed E-state index contributed by atoms with van der Waals surface area (Å²) in [4.78, 5) is 11.4. The van der Waals surface area contributed by atoms with Crippen molar-refractivity contribution in [3.8, 4) is 6.07 Å². The zero-order chi connectivity index (χ0) is 12.7. The monoisotopic (exact) mass is 231 g/mol. The number of hydrogen-bond acceptors (Lipinski definition) is 3. The summed E-state index contributed by atoms with van der Waals surface area (Å²) in [7, 11) is 0. The first-order chi connectivity index (χ1) is 8.15. The minimum atomic E-state index is -0.496. The number of hydrogen-bond donors (Lipinski definition) is 2. The highest BCUT2D eigenvalue weighted by atomic mass is 16.1. The van der Waals surface area contributed by atoms with Gasteiger partial charge in [0.05, 0.1) is 12.5 Å². The van der Waals surface area contributed by atoms with E-state index in [-0.39, 0.29) is 12.3 Å². The van der Waals surface area contributed by atoms with Crippen molar-refractivity contribution in [2.24, 2.45) is 0 Å². The molecule has 0 aliphatic heterocycles. The minimum Gasteiger partial charge on any atom is -0.369 e. The smallest absolute Gasteiger partial charge is 0.223 e. The number of aryl methyl sites for hydroxylation is 1. The molecule has 0 spiro atoms. The summed E-state index contributed by atoms with van der Waals surface area (Å²) >= 11 is 0. The van der Waals surface area contributed by atoms with Gasteiger partial charge >= 0.3 is 0 Å². The van der Waals surface area contributed by atoms with E-state index in [1.807, 2.05) is 38.1 Å². The van der Waals surface area contributed by atoms with E-state index in [1.54, 1.807) is 0 Å². The molecule has 0 aliphatic rings. The lowest BCUT2D eigenvalue weighted by molar-refractivity contribution is -0.121. The first kappa shape index (κ1) is 13.0. The zero-order valence-corrected chi connectivity index (χ0v) is 10.2. The first-order valence-electron chi connectivity index (χ1n) is 5.65. The van der Waals surface area contributed by atoms with Crippen LogP contribution in [0, 0.1) is 18.3 Å². The van der Waals surface area contributed by atoms with E-state index in [1.165, 1.54) is 0 Å². The molecule has 1 aromatic carbocycles. The Balaban J connectivity index is 2.55. The van der Waals surface area contributed by atoms with Crippen molar-refractivity contribution < 1.29 is 4.79 Å². The van der Waals surface area contributed by atoms with Gasteiger partial charge in [0.25, 0.3) is 0 Å². The van der Waals surface area contributed by atoms with Gasteiger partial charge in [-0.15, -0.1) is 0 Å². The third-order valence-corrected chi connectivity index (χ3v) is 2.31. The summed E-state index contributed by atoms with van der Waals surface area (Å²) in [6, 6.07) is 9.31. The third-order valence-electron chi connectivity index (χ3n) is 2.31. The largest absolute Gasteiger partial charge is 0.369 e. The molecule has 1 atom stereocenters. The fourth-order valence-corrected chi connectivity index (χ4v) is 1.43. The lowest BCUT2D eigenvalue weighted by Crippen LogP contribution is -2.30. The molecule has 0 aromatic heterocycles. The number of benzene rings is 1.